The second-order valence-electron chi connectivity index (χ2n) is 2.70. The van der Waals surface area contributed by atoms with Crippen molar-refractivity contribution in [2.75, 3.05) is 5.75 Å². The Labute approximate surface area is 94.9 Å². The van der Waals surface area contributed by atoms with Crippen LogP contribution in [0.25, 0.3) is 0 Å². The Hall–Kier alpha value is -1.08. The average Bonchev–Trinajstić information content (AvgIpc) is 2.63. The summed E-state index contributed by atoms with van der Waals surface area (Å²) < 4.78 is 0.798. The highest BCUT2D eigenvalue weighted by Crippen LogP contribution is 2.20. The third-order valence-corrected chi connectivity index (χ3v) is 3.52. The van der Waals surface area contributed by atoms with E-state index < -0.39 is 12.0 Å². The van der Waals surface area contributed by atoms with Gasteiger partial charge in [-0.05, 0) is 0 Å². The number of nitrogens with zero attached hydrogens (tertiary/aromatic N) is 1. The van der Waals surface area contributed by atoms with E-state index >= 15 is 0 Å². The number of aromatic nitrogens is 1. The molecule has 0 bridgehead atoms. The molecule has 0 aliphatic heterocycles. The molecule has 1 amide bonds. The summed E-state index contributed by atoms with van der Waals surface area (Å²) in [5.41, 5.74) is 0. The van der Waals surface area contributed by atoms with Crippen molar-refractivity contribution in [1.29, 1.82) is 0 Å². The van der Waals surface area contributed by atoms with Gasteiger partial charge < -0.3 is 10.4 Å². The van der Waals surface area contributed by atoms with E-state index in [9.17, 15) is 9.59 Å². The molecular weight excluding hydrogens is 236 g/mol. The van der Waals surface area contributed by atoms with Crippen molar-refractivity contribution in [3.63, 3.8) is 0 Å². The van der Waals surface area contributed by atoms with E-state index in [0.717, 1.165) is 4.34 Å². The molecule has 15 heavy (non-hydrogen) atoms. The Balaban J connectivity index is 2.45. The van der Waals surface area contributed by atoms with Gasteiger partial charge in [-0.25, -0.2) is 9.78 Å². The number of carboxylic acid groups (broad SMARTS) is 1. The van der Waals surface area contributed by atoms with Crippen LogP contribution in [0.4, 0.5) is 0 Å². The summed E-state index contributed by atoms with van der Waals surface area (Å²) in [5.74, 6) is -1.10. The number of carbonyl (C=O) groups excluding carboxylic acids is 1. The molecule has 0 saturated heterocycles. The molecule has 0 saturated carbocycles. The fourth-order valence-electron chi connectivity index (χ4n) is 0.856. The van der Waals surface area contributed by atoms with E-state index in [1.54, 1.807) is 6.20 Å². The van der Waals surface area contributed by atoms with Crippen LogP contribution < -0.4 is 5.32 Å². The molecule has 1 atom stereocenters. The molecule has 0 radical (unpaired) electrons. The minimum absolute atomic E-state index is 0.280. The number of aliphatic carboxylic acids is 1. The van der Waals surface area contributed by atoms with Crippen LogP contribution in [-0.2, 0) is 9.59 Å². The van der Waals surface area contributed by atoms with Gasteiger partial charge in [-0.2, -0.15) is 0 Å². The number of hydrogen-bond acceptors (Lipinski definition) is 5. The summed E-state index contributed by atoms with van der Waals surface area (Å²) >= 11 is 2.76. The van der Waals surface area contributed by atoms with Crippen molar-refractivity contribution in [2.45, 2.75) is 17.3 Å². The molecule has 0 aliphatic carbocycles. The van der Waals surface area contributed by atoms with Gasteiger partial charge in [0.25, 0.3) is 0 Å². The predicted octanol–water partition coefficient (Wildman–Crippen LogP) is 0.825. The van der Waals surface area contributed by atoms with Crippen molar-refractivity contribution in [3.8, 4) is 0 Å². The van der Waals surface area contributed by atoms with Crippen LogP contribution in [0.15, 0.2) is 15.9 Å². The average molecular weight is 246 g/mol. The normalized spacial score (nSPS) is 12.1. The number of carbonyl (C=O) groups is 2. The maximum atomic E-state index is 10.7. The van der Waals surface area contributed by atoms with E-state index in [0.29, 0.717) is 0 Å². The predicted molar refractivity (Wildman–Crippen MR) is 58.1 cm³/mol. The monoisotopic (exact) mass is 246 g/mol. The van der Waals surface area contributed by atoms with E-state index in [-0.39, 0.29) is 11.7 Å². The molecule has 0 aromatic carbocycles. The minimum Gasteiger partial charge on any atom is -0.480 e. The topological polar surface area (TPSA) is 79.3 Å². The van der Waals surface area contributed by atoms with E-state index in [2.05, 4.69) is 10.3 Å². The van der Waals surface area contributed by atoms with Crippen molar-refractivity contribution in [1.82, 2.24) is 10.3 Å². The minimum atomic E-state index is -1.03. The van der Waals surface area contributed by atoms with Crippen LogP contribution in [0.2, 0.25) is 0 Å². The first-order valence-corrected chi connectivity index (χ1v) is 5.98. The fourth-order valence-corrected chi connectivity index (χ4v) is 2.53. The van der Waals surface area contributed by atoms with Gasteiger partial charge in [0.1, 0.15) is 10.4 Å². The lowest BCUT2D eigenvalue weighted by atomic mass is 10.3. The number of rotatable bonds is 5. The molecule has 2 N–H and O–H groups in total. The molecule has 1 heterocycles. The zero-order valence-electron chi connectivity index (χ0n) is 7.97. The van der Waals surface area contributed by atoms with Crippen molar-refractivity contribution >= 4 is 35.0 Å². The van der Waals surface area contributed by atoms with Gasteiger partial charge in [-0.15, -0.1) is 11.3 Å². The SMILES string of the molecule is CC(=O)NC(CSc1nccs1)C(=O)O. The molecule has 82 valence electrons. The number of amides is 1. The highest BCUT2D eigenvalue weighted by Gasteiger charge is 2.18. The second-order valence-corrected chi connectivity index (χ2v) is 4.86. The van der Waals surface area contributed by atoms with Gasteiger partial charge in [0.05, 0.1) is 0 Å². The number of thioether (sulfide) groups is 1. The summed E-state index contributed by atoms with van der Waals surface area (Å²) in [5, 5.41) is 13.0. The Morgan fingerprint density at radius 3 is 2.93 bits per heavy atom. The van der Waals surface area contributed by atoms with Crippen LogP contribution in [0, 0.1) is 0 Å². The van der Waals surface area contributed by atoms with E-state index in [4.69, 9.17) is 5.11 Å². The zero-order valence-corrected chi connectivity index (χ0v) is 9.60. The van der Waals surface area contributed by atoms with Gasteiger partial charge >= 0.3 is 5.97 Å². The first kappa shape index (κ1) is 12.0. The molecular formula is C8H10N2O3S2. The van der Waals surface area contributed by atoms with Gasteiger partial charge in [0, 0.05) is 24.3 Å². The standard InChI is InChI=1S/C8H10N2O3S2/c1-5(11)10-6(7(12)13)4-15-8-9-2-3-14-8/h2-3,6H,4H2,1H3,(H,10,11)(H,12,13). The van der Waals surface area contributed by atoms with Crippen LogP contribution >= 0.6 is 23.1 Å². The highest BCUT2D eigenvalue weighted by atomic mass is 32.2. The smallest absolute Gasteiger partial charge is 0.327 e. The maximum absolute atomic E-state index is 10.7. The first-order chi connectivity index (χ1) is 7.09. The Bertz CT molecular complexity index is 340. The third kappa shape index (κ3) is 4.30. The lowest BCUT2D eigenvalue weighted by molar-refractivity contribution is -0.140. The van der Waals surface area contributed by atoms with Crippen LogP contribution in [0.3, 0.4) is 0 Å². The van der Waals surface area contributed by atoms with Crippen molar-refractivity contribution < 1.29 is 14.7 Å². The summed E-state index contributed by atoms with van der Waals surface area (Å²) in [6.07, 6.45) is 1.65. The summed E-state index contributed by atoms with van der Waals surface area (Å²) in [7, 11) is 0. The number of hydrogen-bond donors (Lipinski definition) is 2. The molecule has 1 aromatic rings. The van der Waals surface area contributed by atoms with E-state index in [1.807, 2.05) is 5.38 Å². The lowest BCUT2D eigenvalue weighted by Crippen LogP contribution is -2.41. The fraction of sp³-hybridized carbons (Fsp3) is 0.375. The molecule has 1 rings (SSSR count). The summed E-state index contributed by atoms with van der Waals surface area (Å²) in [6, 6.07) is -0.864. The van der Waals surface area contributed by atoms with Crippen LogP contribution in [0.5, 0.6) is 0 Å². The molecule has 1 aromatic heterocycles. The number of thiazole rings is 1. The van der Waals surface area contributed by atoms with Gasteiger partial charge in [-0.1, -0.05) is 11.8 Å². The van der Waals surface area contributed by atoms with Crippen molar-refractivity contribution in [2.24, 2.45) is 0 Å². The molecule has 5 nitrogen and oxygen atoms in total. The first-order valence-electron chi connectivity index (χ1n) is 4.12. The quantitative estimate of drug-likeness (QED) is 0.752. The Morgan fingerprint density at radius 1 is 1.73 bits per heavy atom. The van der Waals surface area contributed by atoms with Gasteiger partial charge in [-0.3, -0.25) is 4.79 Å². The highest BCUT2D eigenvalue weighted by molar-refractivity contribution is 8.01. The van der Waals surface area contributed by atoms with Gasteiger partial charge in [0.2, 0.25) is 5.91 Å². The largest absolute Gasteiger partial charge is 0.480 e. The third-order valence-electron chi connectivity index (χ3n) is 1.46. The Kier molecular flexibility index (Phi) is 4.57. The molecule has 0 fully saturated rings. The number of nitrogens with one attached hydrogen (secondary N) is 1. The Morgan fingerprint density at radius 2 is 2.47 bits per heavy atom. The molecule has 0 aliphatic rings. The second kappa shape index (κ2) is 5.72. The molecule has 7 heteroatoms. The molecule has 1 unspecified atom stereocenters. The van der Waals surface area contributed by atoms with Gasteiger partial charge in [0.15, 0.2) is 0 Å². The summed E-state index contributed by atoms with van der Waals surface area (Å²) in [4.78, 5) is 25.5. The maximum Gasteiger partial charge on any atom is 0.327 e. The zero-order chi connectivity index (χ0) is 11.3. The number of carboxylic acids is 1. The van der Waals surface area contributed by atoms with E-state index in [1.165, 1.54) is 30.0 Å². The summed E-state index contributed by atoms with van der Waals surface area (Å²) in [6.45, 7) is 1.30. The molecule has 0 spiro atoms. The van der Waals surface area contributed by atoms with Crippen LogP contribution in [-0.4, -0.2) is 33.8 Å². The van der Waals surface area contributed by atoms with Crippen LogP contribution in [0.1, 0.15) is 6.92 Å². The lowest BCUT2D eigenvalue weighted by Gasteiger charge is -2.11. The van der Waals surface area contributed by atoms with Crippen molar-refractivity contribution in [3.05, 3.63) is 11.6 Å².